The number of hydrogen-bond donors (Lipinski definition) is 1. The van der Waals surface area contributed by atoms with Gasteiger partial charge in [-0.2, -0.15) is 0 Å². The van der Waals surface area contributed by atoms with Crippen molar-refractivity contribution < 1.29 is 4.79 Å². The van der Waals surface area contributed by atoms with Gasteiger partial charge in [-0.1, -0.05) is 41.9 Å². The Balaban J connectivity index is 1.59. The second-order valence-corrected chi connectivity index (χ2v) is 6.54. The molecule has 1 amide bonds. The van der Waals surface area contributed by atoms with Crippen LogP contribution in [0.15, 0.2) is 42.5 Å². The Morgan fingerprint density at radius 3 is 2.61 bits per heavy atom. The number of amides is 1. The SMILES string of the molecule is CC(=O)NCc1ccc(CN2CCc3cc(Cl)ccc3C2)cc1. The first-order chi connectivity index (χ1) is 11.1. The van der Waals surface area contributed by atoms with Crippen molar-refractivity contribution in [1.29, 1.82) is 0 Å². The maximum atomic E-state index is 10.9. The van der Waals surface area contributed by atoms with Crippen molar-refractivity contribution in [2.45, 2.75) is 33.0 Å². The molecule has 0 saturated carbocycles. The molecular weight excluding hydrogens is 308 g/mol. The van der Waals surface area contributed by atoms with E-state index in [2.05, 4.69) is 46.6 Å². The minimum Gasteiger partial charge on any atom is -0.352 e. The van der Waals surface area contributed by atoms with Gasteiger partial charge in [0.2, 0.25) is 5.91 Å². The molecule has 1 heterocycles. The van der Waals surface area contributed by atoms with Crippen molar-refractivity contribution >= 4 is 17.5 Å². The average molecular weight is 329 g/mol. The van der Waals surface area contributed by atoms with E-state index >= 15 is 0 Å². The van der Waals surface area contributed by atoms with Crippen LogP contribution in [0.2, 0.25) is 5.02 Å². The zero-order chi connectivity index (χ0) is 16.2. The first-order valence-electron chi connectivity index (χ1n) is 7.92. The summed E-state index contributed by atoms with van der Waals surface area (Å²) in [5.41, 5.74) is 5.18. The van der Waals surface area contributed by atoms with Crippen LogP contribution in [0.5, 0.6) is 0 Å². The highest BCUT2D eigenvalue weighted by atomic mass is 35.5. The van der Waals surface area contributed by atoms with Crippen molar-refractivity contribution in [1.82, 2.24) is 10.2 Å². The summed E-state index contributed by atoms with van der Waals surface area (Å²) in [5.74, 6) is 0.00108. The molecule has 0 aromatic heterocycles. The Morgan fingerprint density at radius 1 is 1.13 bits per heavy atom. The molecule has 0 aliphatic carbocycles. The predicted octanol–water partition coefficient (Wildman–Crippen LogP) is 3.53. The van der Waals surface area contributed by atoms with Crippen LogP contribution >= 0.6 is 11.6 Å². The fraction of sp³-hybridized carbons (Fsp3) is 0.316. The van der Waals surface area contributed by atoms with Gasteiger partial charge in [-0.05, 0) is 40.8 Å². The maximum Gasteiger partial charge on any atom is 0.217 e. The van der Waals surface area contributed by atoms with Crippen molar-refractivity contribution in [3.05, 3.63) is 69.7 Å². The van der Waals surface area contributed by atoms with Gasteiger partial charge in [0.25, 0.3) is 0 Å². The highest BCUT2D eigenvalue weighted by molar-refractivity contribution is 6.30. The third kappa shape index (κ3) is 4.34. The molecule has 2 aromatic carbocycles. The lowest BCUT2D eigenvalue weighted by Gasteiger charge is -2.29. The summed E-state index contributed by atoms with van der Waals surface area (Å²) in [4.78, 5) is 13.4. The Hall–Kier alpha value is -1.84. The highest BCUT2D eigenvalue weighted by Crippen LogP contribution is 2.23. The van der Waals surface area contributed by atoms with Gasteiger partial charge in [0.05, 0.1) is 0 Å². The van der Waals surface area contributed by atoms with E-state index in [0.717, 1.165) is 36.6 Å². The molecule has 3 rings (SSSR count). The molecule has 1 N–H and O–H groups in total. The van der Waals surface area contributed by atoms with Gasteiger partial charge in [0, 0.05) is 38.1 Å². The molecule has 0 saturated heterocycles. The Kier molecular flexibility index (Phi) is 4.99. The van der Waals surface area contributed by atoms with Crippen molar-refractivity contribution in [2.75, 3.05) is 6.54 Å². The molecule has 3 nitrogen and oxygen atoms in total. The third-order valence-corrected chi connectivity index (χ3v) is 4.47. The average Bonchev–Trinajstić information content (AvgIpc) is 2.54. The summed E-state index contributed by atoms with van der Waals surface area (Å²) in [6, 6.07) is 14.7. The van der Waals surface area contributed by atoms with Crippen LogP contribution in [-0.2, 0) is 30.8 Å². The normalized spacial score (nSPS) is 14.3. The first-order valence-corrected chi connectivity index (χ1v) is 8.30. The molecule has 0 atom stereocenters. The Bertz CT molecular complexity index is 697. The summed E-state index contributed by atoms with van der Waals surface area (Å²) in [6.07, 6.45) is 1.05. The van der Waals surface area contributed by atoms with E-state index in [-0.39, 0.29) is 5.91 Å². The minimum atomic E-state index is 0.00108. The minimum absolute atomic E-state index is 0.00108. The van der Waals surface area contributed by atoms with Gasteiger partial charge in [-0.3, -0.25) is 9.69 Å². The van der Waals surface area contributed by atoms with E-state index in [0.29, 0.717) is 6.54 Å². The van der Waals surface area contributed by atoms with E-state index in [4.69, 9.17) is 11.6 Å². The van der Waals surface area contributed by atoms with E-state index in [9.17, 15) is 4.79 Å². The second kappa shape index (κ2) is 7.16. The van der Waals surface area contributed by atoms with Crippen LogP contribution in [0, 0.1) is 0 Å². The standard InChI is InChI=1S/C19H21ClN2O/c1-14(23)21-11-15-2-4-16(5-3-15)12-22-9-8-17-10-19(20)7-6-18(17)13-22/h2-7,10H,8-9,11-13H2,1H3,(H,21,23). The molecular formula is C19H21ClN2O. The second-order valence-electron chi connectivity index (χ2n) is 6.10. The Morgan fingerprint density at radius 2 is 1.87 bits per heavy atom. The van der Waals surface area contributed by atoms with Gasteiger partial charge in [-0.15, -0.1) is 0 Å². The number of benzene rings is 2. The number of nitrogens with zero attached hydrogens (tertiary/aromatic N) is 1. The highest BCUT2D eigenvalue weighted by Gasteiger charge is 2.16. The van der Waals surface area contributed by atoms with Gasteiger partial charge in [0.15, 0.2) is 0 Å². The van der Waals surface area contributed by atoms with Crippen LogP contribution in [0.3, 0.4) is 0 Å². The topological polar surface area (TPSA) is 32.3 Å². The number of rotatable bonds is 4. The molecule has 2 aromatic rings. The lowest BCUT2D eigenvalue weighted by molar-refractivity contribution is -0.119. The first kappa shape index (κ1) is 16.0. The van der Waals surface area contributed by atoms with Crippen molar-refractivity contribution in [3.8, 4) is 0 Å². The van der Waals surface area contributed by atoms with Gasteiger partial charge < -0.3 is 5.32 Å². The molecule has 4 heteroatoms. The van der Waals surface area contributed by atoms with Crippen LogP contribution < -0.4 is 5.32 Å². The molecule has 0 spiro atoms. The van der Waals surface area contributed by atoms with E-state index in [1.54, 1.807) is 0 Å². The smallest absolute Gasteiger partial charge is 0.217 e. The number of fused-ring (bicyclic) bond motifs is 1. The number of nitrogens with one attached hydrogen (secondary N) is 1. The van der Waals surface area contributed by atoms with Crippen LogP contribution in [0.1, 0.15) is 29.2 Å². The molecule has 23 heavy (non-hydrogen) atoms. The van der Waals surface area contributed by atoms with Crippen molar-refractivity contribution in [2.24, 2.45) is 0 Å². The Labute approximate surface area is 142 Å². The molecule has 0 radical (unpaired) electrons. The lowest BCUT2D eigenvalue weighted by Crippen LogP contribution is -2.30. The number of hydrogen-bond acceptors (Lipinski definition) is 2. The lowest BCUT2D eigenvalue weighted by atomic mass is 9.99. The van der Waals surface area contributed by atoms with Gasteiger partial charge >= 0.3 is 0 Å². The zero-order valence-corrected chi connectivity index (χ0v) is 14.1. The van der Waals surface area contributed by atoms with Crippen LogP contribution in [0.25, 0.3) is 0 Å². The number of carbonyl (C=O) groups is 1. The molecule has 0 unspecified atom stereocenters. The van der Waals surface area contributed by atoms with Gasteiger partial charge in [0.1, 0.15) is 0 Å². The number of carbonyl (C=O) groups excluding carboxylic acids is 1. The summed E-state index contributed by atoms with van der Waals surface area (Å²) < 4.78 is 0. The summed E-state index contributed by atoms with van der Waals surface area (Å²) in [7, 11) is 0. The van der Waals surface area contributed by atoms with E-state index in [1.165, 1.54) is 23.6 Å². The van der Waals surface area contributed by atoms with Crippen molar-refractivity contribution in [3.63, 3.8) is 0 Å². The van der Waals surface area contributed by atoms with E-state index in [1.807, 2.05) is 6.07 Å². The fourth-order valence-electron chi connectivity index (χ4n) is 2.96. The monoisotopic (exact) mass is 328 g/mol. The molecule has 1 aliphatic rings. The summed E-state index contributed by atoms with van der Waals surface area (Å²) >= 11 is 6.06. The van der Waals surface area contributed by atoms with Gasteiger partial charge in [-0.25, -0.2) is 0 Å². The molecule has 120 valence electrons. The summed E-state index contributed by atoms with van der Waals surface area (Å²) in [6.45, 7) is 5.10. The van der Waals surface area contributed by atoms with Crippen LogP contribution in [-0.4, -0.2) is 17.4 Å². The summed E-state index contributed by atoms with van der Waals surface area (Å²) in [5, 5.41) is 3.64. The molecule has 0 bridgehead atoms. The molecule has 1 aliphatic heterocycles. The number of halogens is 1. The quantitative estimate of drug-likeness (QED) is 0.931. The predicted molar refractivity (Wildman–Crippen MR) is 93.2 cm³/mol. The third-order valence-electron chi connectivity index (χ3n) is 4.23. The molecule has 0 fully saturated rings. The van der Waals surface area contributed by atoms with Crippen LogP contribution in [0.4, 0.5) is 0 Å². The zero-order valence-electron chi connectivity index (χ0n) is 13.3. The largest absolute Gasteiger partial charge is 0.352 e. The maximum absolute atomic E-state index is 10.9. The fourth-order valence-corrected chi connectivity index (χ4v) is 3.16. The van der Waals surface area contributed by atoms with E-state index < -0.39 is 0 Å².